The number of likely N-dealkylation sites (tertiary alicyclic amines) is 1. The van der Waals surface area contributed by atoms with E-state index in [1.807, 2.05) is 6.07 Å². The van der Waals surface area contributed by atoms with Gasteiger partial charge in [-0.1, -0.05) is 27.2 Å². The summed E-state index contributed by atoms with van der Waals surface area (Å²) in [4.78, 5) is 11.6. The van der Waals surface area contributed by atoms with Crippen molar-refractivity contribution in [3.05, 3.63) is 16.5 Å². The molecule has 21 heavy (non-hydrogen) atoms. The van der Waals surface area contributed by atoms with Crippen molar-refractivity contribution in [3.63, 3.8) is 0 Å². The lowest BCUT2D eigenvalue weighted by atomic mass is 10.1. The molecule has 5 heteroatoms. The lowest BCUT2D eigenvalue weighted by Gasteiger charge is -2.29. The molecule has 1 aromatic rings. The third-order valence-corrected chi connectivity index (χ3v) is 4.29. The molecule has 2 rings (SSSR count). The van der Waals surface area contributed by atoms with Crippen molar-refractivity contribution in [2.75, 3.05) is 31.5 Å². The predicted molar refractivity (Wildman–Crippen MR) is 91.8 cm³/mol. The molecule has 1 unspecified atom stereocenters. The first-order valence-corrected chi connectivity index (χ1v) is 8.84. The molecule has 1 saturated heterocycles. The molecular weight excluding hydrogens is 328 g/mol. The molecule has 0 amide bonds. The minimum atomic E-state index is 0.342. The van der Waals surface area contributed by atoms with E-state index in [1.165, 1.54) is 38.9 Å². The van der Waals surface area contributed by atoms with Gasteiger partial charge >= 0.3 is 0 Å². The van der Waals surface area contributed by atoms with Gasteiger partial charge < -0.3 is 10.2 Å². The number of nitrogens with zero attached hydrogens (tertiary/aromatic N) is 3. The molecule has 4 nitrogen and oxygen atoms in total. The monoisotopic (exact) mass is 354 g/mol. The van der Waals surface area contributed by atoms with Gasteiger partial charge in [0.05, 0.1) is 0 Å². The minimum absolute atomic E-state index is 0.342. The third-order valence-electron chi connectivity index (χ3n) is 3.88. The van der Waals surface area contributed by atoms with Crippen LogP contribution in [0.3, 0.4) is 0 Å². The summed E-state index contributed by atoms with van der Waals surface area (Å²) < 4.78 is 0.854. The van der Waals surface area contributed by atoms with Gasteiger partial charge in [-0.25, -0.2) is 9.97 Å². The molecule has 0 aliphatic carbocycles. The Kier molecular flexibility index (Phi) is 6.42. The van der Waals surface area contributed by atoms with Crippen LogP contribution in [0.4, 0.5) is 5.82 Å². The first-order valence-electron chi connectivity index (χ1n) is 8.05. The van der Waals surface area contributed by atoms with E-state index in [2.05, 4.69) is 56.9 Å². The molecule has 1 aliphatic heterocycles. The molecule has 1 N–H and O–H groups in total. The average molecular weight is 355 g/mol. The lowest BCUT2D eigenvalue weighted by molar-refractivity contribution is 0.204. The van der Waals surface area contributed by atoms with E-state index in [0.29, 0.717) is 11.8 Å². The van der Waals surface area contributed by atoms with E-state index < -0.39 is 0 Å². The van der Waals surface area contributed by atoms with E-state index in [-0.39, 0.29) is 0 Å². The second-order valence-corrected chi connectivity index (χ2v) is 7.25. The number of piperidine rings is 1. The standard InChI is InChI=1S/C16H27BrN4/c1-12(2)16-19-14(17)9-15(20-16)18-10-13(3)11-21-7-5-4-6-8-21/h9,12-13H,4-8,10-11H2,1-3H3,(H,18,19,20). The molecule has 1 aliphatic rings. The van der Waals surface area contributed by atoms with Crippen LogP contribution < -0.4 is 5.32 Å². The quantitative estimate of drug-likeness (QED) is 0.786. The van der Waals surface area contributed by atoms with Gasteiger partial charge in [-0.15, -0.1) is 0 Å². The lowest BCUT2D eigenvalue weighted by Crippen LogP contribution is -2.35. The van der Waals surface area contributed by atoms with Gasteiger partial charge in [0.2, 0.25) is 0 Å². The van der Waals surface area contributed by atoms with Crippen molar-refractivity contribution >= 4 is 21.7 Å². The van der Waals surface area contributed by atoms with Crippen molar-refractivity contribution in [2.45, 2.75) is 46.0 Å². The Labute approximate surface area is 136 Å². The molecule has 0 radical (unpaired) electrons. The number of nitrogens with one attached hydrogen (secondary N) is 1. The highest BCUT2D eigenvalue weighted by atomic mass is 79.9. The smallest absolute Gasteiger partial charge is 0.134 e. The number of aromatic nitrogens is 2. The van der Waals surface area contributed by atoms with Gasteiger partial charge in [0.25, 0.3) is 0 Å². The zero-order valence-electron chi connectivity index (χ0n) is 13.4. The molecule has 0 bridgehead atoms. The van der Waals surface area contributed by atoms with Crippen LogP contribution in [0.2, 0.25) is 0 Å². The first kappa shape index (κ1) is 16.7. The van der Waals surface area contributed by atoms with Crippen LogP contribution in [-0.4, -0.2) is 41.0 Å². The average Bonchev–Trinajstić information content (AvgIpc) is 2.45. The summed E-state index contributed by atoms with van der Waals surface area (Å²) in [6.45, 7) is 11.2. The van der Waals surface area contributed by atoms with Crippen LogP contribution in [0.1, 0.15) is 51.8 Å². The predicted octanol–water partition coefficient (Wildman–Crippen LogP) is 3.90. The summed E-state index contributed by atoms with van der Waals surface area (Å²) in [6, 6.07) is 1.96. The Morgan fingerprint density at radius 1 is 1.19 bits per heavy atom. The topological polar surface area (TPSA) is 41.1 Å². The van der Waals surface area contributed by atoms with Crippen molar-refractivity contribution in [2.24, 2.45) is 5.92 Å². The van der Waals surface area contributed by atoms with E-state index >= 15 is 0 Å². The highest BCUT2D eigenvalue weighted by Crippen LogP contribution is 2.18. The minimum Gasteiger partial charge on any atom is -0.370 e. The number of hydrogen-bond donors (Lipinski definition) is 1. The van der Waals surface area contributed by atoms with Gasteiger partial charge in [-0.3, -0.25) is 0 Å². The van der Waals surface area contributed by atoms with E-state index in [4.69, 9.17) is 0 Å². The summed E-state index contributed by atoms with van der Waals surface area (Å²) in [5, 5.41) is 3.46. The molecule has 0 spiro atoms. The fourth-order valence-electron chi connectivity index (χ4n) is 2.71. The molecule has 2 heterocycles. The molecule has 0 aromatic carbocycles. The van der Waals surface area contributed by atoms with Gasteiger partial charge in [0.15, 0.2) is 0 Å². The molecule has 1 atom stereocenters. The fraction of sp³-hybridized carbons (Fsp3) is 0.750. The Balaban J connectivity index is 1.84. The number of hydrogen-bond acceptors (Lipinski definition) is 4. The summed E-state index contributed by atoms with van der Waals surface area (Å²) in [5.74, 6) is 2.77. The van der Waals surface area contributed by atoms with Crippen molar-refractivity contribution in [1.29, 1.82) is 0 Å². The summed E-state index contributed by atoms with van der Waals surface area (Å²) >= 11 is 3.47. The Hall–Kier alpha value is -0.680. The van der Waals surface area contributed by atoms with Crippen LogP contribution in [-0.2, 0) is 0 Å². The van der Waals surface area contributed by atoms with Crippen LogP contribution >= 0.6 is 15.9 Å². The summed E-state index contributed by atoms with van der Waals surface area (Å²) in [6.07, 6.45) is 4.11. The Morgan fingerprint density at radius 2 is 1.90 bits per heavy atom. The van der Waals surface area contributed by atoms with Gasteiger partial charge in [-0.05, 0) is 47.8 Å². The molecule has 118 valence electrons. The van der Waals surface area contributed by atoms with Gasteiger partial charge in [-0.2, -0.15) is 0 Å². The zero-order valence-corrected chi connectivity index (χ0v) is 15.0. The Bertz CT molecular complexity index is 444. The highest BCUT2D eigenvalue weighted by Gasteiger charge is 2.14. The molecular formula is C16H27BrN4. The number of rotatable bonds is 6. The molecule has 1 fully saturated rings. The van der Waals surface area contributed by atoms with Crippen molar-refractivity contribution < 1.29 is 0 Å². The number of anilines is 1. The maximum atomic E-state index is 4.59. The van der Waals surface area contributed by atoms with Gasteiger partial charge in [0, 0.05) is 25.1 Å². The summed E-state index contributed by atoms with van der Waals surface area (Å²) in [7, 11) is 0. The van der Waals surface area contributed by atoms with Gasteiger partial charge in [0.1, 0.15) is 16.2 Å². The number of halogens is 1. The van der Waals surface area contributed by atoms with E-state index in [0.717, 1.165) is 22.8 Å². The third kappa shape index (κ3) is 5.55. The fourth-order valence-corrected chi connectivity index (χ4v) is 3.11. The maximum absolute atomic E-state index is 4.59. The van der Waals surface area contributed by atoms with Crippen LogP contribution in [0.5, 0.6) is 0 Å². The molecule has 0 saturated carbocycles. The highest BCUT2D eigenvalue weighted by molar-refractivity contribution is 9.10. The Morgan fingerprint density at radius 3 is 2.57 bits per heavy atom. The van der Waals surface area contributed by atoms with Crippen LogP contribution in [0, 0.1) is 5.92 Å². The zero-order chi connectivity index (χ0) is 15.2. The summed E-state index contributed by atoms with van der Waals surface area (Å²) in [5.41, 5.74) is 0. The SMILES string of the molecule is CC(CNc1cc(Br)nc(C(C)C)n1)CN1CCCCC1. The van der Waals surface area contributed by atoms with Crippen molar-refractivity contribution in [3.8, 4) is 0 Å². The normalized spacial score (nSPS) is 18.0. The van der Waals surface area contributed by atoms with Crippen LogP contribution in [0.15, 0.2) is 10.7 Å². The largest absolute Gasteiger partial charge is 0.370 e. The van der Waals surface area contributed by atoms with Crippen LogP contribution in [0.25, 0.3) is 0 Å². The second-order valence-electron chi connectivity index (χ2n) is 6.44. The maximum Gasteiger partial charge on any atom is 0.134 e. The second kappa shape index (κ2) is 8.08. The molecule has 1 aromatic heterocycles. The first-order chi connectivity index (χ1) is 10.0. The van der Waals surface area contributed by atoms with E-state index in [1.54, 1.807) is 0 Å². The van der Waals surface area contributed by atoms with E-state index in [9.17, 15) is 0 Å². The van der Waals surface area contributed by atoms with Crippen molar-refractivity contribution in [1.82, 2.24) is 14.9 Å².